The highest BCUT2D eigenvalue weighted by Gasteiger charge is 2.41. The van der Waals surface area contributed by atoms with Crippen LogP contribution < -0.4 is 14.2 Å². The number of nitriles is 1. The number of fused-ring (bicyclic) bond motifs is 1. The number of hydrogen-bond donors (Lipinski definition) is 1. The summed E-state index contributed by atoms with van der Waals surface area (Å²) in [5.41, 5.74) is 3.30. The maximum Gasteiger partial charge on any atom is 0.223 e. The van der Waals surface area contributed by atoms with E-state index in [4.69, 9.17) is 19.6 Å². The molecule has 7 heteroatoms. The summed E-state index contributed by atoms with van der Waals surface area (Å²) in [5.74, 6) is 0.743. The van der Waals surface area contributed by atoms with Crippen molar-refractivity contribution in [2.45, 2.75) is 5.92 Å². The van der Waals surface area contributed by atoms with Crippen LogP contribution in [0.5, 0.6) is 17.4 Å². The summed E-state index contributed by atoms with van der Waals surface area (Å²) in [6.45, 7) is 0. The second-order valence-electron chi connectivity index (χ2n) is 6.74. The lowest BCUT2D eigenvalue weighted by Gasteiger charge is -2.29. The fourth-order valence-electron chi connectivity index (χ4n) is 3.68. The monoisotopic (exact) mass is 388 g/mol. The zero-order valence-electron chi connectivity index (χ0n) is 16.3. The van der Waals surface area contributed by atoms with Gasteiger partial charge in [-0.3, -0.25) is 5.41 Å². The van der Waals surface area contributed by atoms with E-state index < -0.39 is 5.92 Å². The molecule has 2 atom stereocenters. The molecular formula is C22H20N4O3. The number of aromatic nitrogens is 2. The van der Waals surface area contributed by atoms with Gasteiger partial charge in [-0.2, -0.15) is 10.4 Å². The van der Waals surface area contributed by atoms with Crippen molar-refractivity contribution in [3.05, 3.63) is 59.7 Å². The Morgan fingerprint density at radius 2 is 1.62 bits per heavy atom. The molecule has 1 aromatic heterocycles. The molecule has 0 amide bonds. The van der Waals surface area contributed by atoms with Crippen LogP contribution in [0.25, 0.3) is 11.3 Å². The summed E-state index contributed by atoms with van der Waals surface area (Å²) in [6.07, 6.45) is 0. The molecule has 1 aliphatic heterocycles. The van der Waals surface area contributed by atoms with Crippen LogP contribution in [0.3, 0.4) is 0 Å². The van der Waals surface area contributed by atoms with Crippen LogP contribution in [0.15, 0.2) is 48.5 Å². The number of aryl methyl sites for hydroxylation is 1. The molecule has 0 saturated heterocycles. The quantitative estimate of drug-likeness (QED) is 0.735. The average molecular weight is 388 g/mol. The Balaban J connectivity index is 1.91. The van der Waals surface area contributed by atoms with Crippen LogP contribution in [0.1, 0.15) is 17.0 Å². The van der Waals surface area contributed by atoms with E-state index in [1.54, 1.807) is 25.9 Å². The predicted molar refractivity (Wildman–Crippen MR) is 107 cm³/mol. The number of nitrogens with zero attached hydrogens (tertiary/aromatic N) is 3. The predicted octanol–water partition coefficient (Wildman–Crippen LogP) is 3.75. The minimum absolute atomic E-state index is 0.0786. The largest absolute Gasteiger partial charge is 0.497 e. The van der Waals surface area contributed by atoms with Crippen molar-refractivity contribution in [3.63, 3.8) is 0 Å². The molecule has 2 heterocycles. The number of ether oxygens (including phenoxy) is 3. The van der Waals surface area contributed by atoms with Crippen LogP contribution in [0.2, 0.25) is 0 Å². The van der Waals surface area contributed by atoms with Crippen molar-refractivity contribution < 1.29 is 14.2 Å². The Labute approximate surface area is 168 Å². The van der Waals surface area contributed by atoms with E-state index in [1.165, 1.54) is 0 Å². The lowest BCUT2D eigenvalue weighted by Crippen LogP contribution is -2.31. The van der Waals surface area contributed by atoms with Crippen molar-refractivity contribution in [1.82, 2.24) is 9.78 Å². The number of benzene rings is 2. The third kappa shape index (κ3) is 3.09. The van der Waals surface area contributed by atoms with Crippen molar-refractivity contribution in [2.75, 3.05) is 14.2 Å². The second kappa shape index (κ2) is 7.32. The molecule has 146 valence electrons. The average Bonchev–Trinajstić information content (AvgIpc) is 3.09. The van der Waals surface area contributed by atoms with Crippen LogP contribution in [-0.4, -0.2) is 29.9 Å². The lowest BCUT2D eigenvalue weighted by molar-refractivity contribution is 0.410. The molecule has 4 rings (SSSR count). The van der Waals surface area contributed by atoms with Crippen LogP contribution >= 0.6 is 0 Å². The van der Waals surface area contributed by atoms with Gasteiger partial charge in [-0.05, 0) is 42.0 Å². The summed E-state index contributed by atoms with van der Waals surface area (Å²) >= 11 is 0. The summed E-state index contributed by atoms with van der Waals surface area (Å²) < 4.78 is 17.8. The van der Waals surface area contributed by atoms with Crippen LogP contribution in [-0.2, 0) is 7.05 Å². The van der Waals surface area contributed by atoms with Gasteiger partial charge in [0.15, 0.2) is 0 Å². The highest BCUT2D eigenvalue weighted by atomic mass is 16.5. The minimum atomic E-state index is -0.753. The first-order valence-electron chi connectivity index (χ1n) is 9.08. The SMILES string of the molecule is COc1ccc(-c2nn(C)c3c2C(c2ccc(OC)cc2)C(C#N)C(=N)O3)cc1. The first-order valence-corrected chi connectivity index (χ1v) is 9.08. The van der Waals surface area contributed by atoms with Crippen LogP contribution in [0, 0.1) is 22.7 Å². The van der Waals surface area contributed by atoms with Gasteiger partial charge in [-0.25, -0.2) is 4.68 Å². The summed E-state index contributed by atoms with van der Waals surface area (Å²) in [7, 11) is 5.00. The minimum Gasteiger partial charge on any atom is -0.497 e. The zero-order chi connectivity index (χ0) is 20.5. The molecule has 0 spiro atoms. The summed E-state index contributed by atoms with van der Waals surface area (Å²) in [4.78, 5) is 0. The third-order valence-electron chi connectivity index (χ3n) is 5.14. The Bertz CT molecular complexity index is 1090. The molecule has 2 aromatic carbocycles. The molecule has 0 saturated carbocycles. The normalized spacial score (nSPS) is 17.8. The number of hydrogen-bond acceptors (Lipinski definition) is 6. The molecule has 29 heavy (non-hydrogen) atoms. The van der Waals surface area contributed by atoms with E-state index in [0.717, 1.165) is 33.9 Å². The molecule has 0 bridgehead atoms. The zero-order valence-corrected chi connectivity index (χ0v) is 16.3. The van der Waals surface area contributed by atoms with Gasteiger partial charge in [0.05, 0.1) is 25.9 Å². The maximum atomic E-state index is 9.82. The van der Waals surface area contributed by atoms with Gasteiger partial charge in [-0.15, -0.1) is 0 Å². The van der Waals surface area contributed by atoms with Gasteiger partial charge in [0.25, 0.3) is 0 Å². The highest BCUT2D eigenvalue weighted by Crippen LogP contribution is 2.46. The Hall–Kier alpha value is -3.79. The molecule has 7 nitrogen and oxygen atoms in total. The van der Waals surface area contributed by atoms with Gasteiger partial charge < -0.3 is 14.2 Å². The molecular weight excluding hydrogens is 368 g/mol. The third-order valence-corrected chi connectivity index (χ3v) is 5.14. The molecule has 3 aromatic rings. The molecule has 0 fully saturated rings. The number of methoxy groups -OCH3 is 2. The Morgan fingerprint density at radius 1 is 1.03 bits per heavy atom. The number of rotatable bonds is 4. The van der Waals surface area contributed by atoms with Crippen molar-refractivity contribution in [2.24, 2.45) is 13.0 Å². The van der Waals surface area contributed by atoms with Crippen molar-refractivity contribution >= 4 is 5.90 Å². The van der Waals surface area contributed by atoms with Gasteiger partial charge in [0, 0.05) is 18.5 Å². The molecule has 0 aliphatic carbocycles. The lowest BCUT2D eigenvalue weighted by atomic mass is 9.79. The van der Waals surface area contributed by atoms with Gasteiger partial charge in [0.2, 0.25) is 11.8 Å². The molecule has 1 aliphatic rings. The first kappa shape index (κ1) is 18.6. The summed E-state index contributed by atoms with van der Waals surface area (Å²) in [5, 5.41) is 22.7. The Kier molecular flexibility index (Phi) is 4.69. The van der Waals surface area contributed by atoms with E-state index in [0.29, 0.717) is 5.88 Å². The summed E-state index contributed by atoms with van der Waals surface area (Å²) in [6, 6.07) is 17.4. The smallest absolute Gasteiger partial charge is 0.223 e. The Morgan fingerprint density at radius 3 is 2.17 bits per heavy atom. The maximum absolute atomic E-state index is 9.82. The molecule has 1 N–H and O–H groups in total. The van der Waals surface area contributed by atoms with Crippen LogP contribution in [0.4, 0.5) is 0 Å². The van der Waals surface area contributed by atoms with E-state index in [2.05, 4.69) is 11.2 Å². The fourth-order valence-corrected chi connectivity index (χ4v) is 3.68. The van der Waals surface area contributed by atoms with Gasteiger partial charge >= 0.3 is 0 Å². The van der Waals surface area contributed by atoms with E-state index in [-0.39, 0.29) is 11.8 Å². The van der Waals surface area contributed by atoms with Gasteiger partial charge in [-0.1, -0.05) is 12.1 Å². The van der Waals surface area contributed by atoms with E-state index in [1.807, 2.05) is 48.5 Å². The fraction of sp³-hybridized carbons (Fsp3) is 0.227. The van der Waals surface area contributed by atoms with Crippen molar-refractivity contribution in [1.29, 1.82) is 10.7 Å². The van der Waals surface area contributed by atoms with Crippen molar-refractivity contribution in [3.8, 4) is 34.7 Å². The topological polar surface area (TPSA) is 93.2 Å². The van der Waals surface area contributed by atoms with E-state index >= 15 is 0 Å². The molecule has 2 unspecified atom stereocenters. The molecule has 0 radical (unpaired) electrons. The van der Waals surface area contributed by atoms with E-state index in [9.17, 15) is 5.26 Å². The standard InChI is InChI=1S/C22H20N4O3/c1-26-22-19(20(25-26)14-6-10-16(28-3)11-7-14)18(17(12-23)21(24)29-22)13-4-8-15(27-2)9-5-13/h4-11,17-18,24H,1-3H3. The van der Waals surface area contributed by atoms with Gasteiger partial charge in [0.1, 0.15) is 23.1 Å². The highest BCUT2D eigenvalue weighted by molar-refractivity contribution is 5.86. The first-order chi connectivity index (χ1) is 14.1. The number of nitrogens with one attached hydrogen (secondary N) is 1. The second-order valence-corrected chi connectivity index (χ2v) is 6.74.